The molecule has 0 aliphatic carbocycles. The van der Waals surface area contributed by atoms with Gasteiger partial charge in [0, 0.05) is 31.7 Å². The van der Waals surface area contributed by atoms with E-state index in [1.165, 1.54) is 38.8 Å². The molecule has 3 heterocycles. The lowest BCUT2D eigenvalue weighted by Crippen LogP contribution is -2.55. The predicted octanol–water partition coefficient (Wildman–Crippen LogP) is 4.58. The standard InChI is InChI=1S/C25H48FN3O/c1-22(2,3)29-17-11-25(26,12-18-29)21-28-15-9-24(10-16-28)7-13-27(14-8-24)19-20-30-23(4,5)6/h7-21H2,1-6H3. The third-order valence-corrected chi connectivity index (χ3v) is 7.89. The summed E-state index contributed by atoms with van der Waals surface area (Å²) >= 11 is 0. The quantitative estimate of drug-likeness (QED) is 0.642. The van der Waals surface area contributed by atoms with Crippen LogP contribution in [0.25, 0.3) is 0 Å². The molecule has 1 spiro atoms. The summed E-state index contributed by atoms with van der Waals surface area (Å²) < 4.78 is 21.4. The van der Waals surface area contributed by atoms with Gasteiger partial charge in [0.1, 0.15) is 5.67 Å². The maximum atomic E-state index is 15.5. The topological polar surface area (TPSA) is 19.0 Å². The summed E-state index contributed by atoms with van der Waals surface area (Å²) in [6.45, 7) is 22.0. The molecule has 4 nitrogen and oxygen atoms in total. The zero-order valence-electron chi connectivity index (χ0n) is 20.7. The van der Waals surface area contributed by atoms with Crippen molar-refractivity contribution < 1.29 is 9.13 Å². The highest BCUT2D eigenvalue weighted by atomic mass is 19.1. The van der Waals surface area contributed by atoms with Crippen molar-refractivity contribution in [2.24, 2.45) is 5.41 Å². The second-order valence-corrected chi connectivity index (χ2v) is 12.4. The van der Waals surface area contributed by atoms with E-state index in [1.807, 2.05) is 0 Å². The van der Waals surface area contributed by atoms with Crippen LogP contribution >= 0.6 is 0 Å². The van der Waals surface area contributed by atoms with Gasteiger partial charge in [-0.3, -0.25) is 4.90 Å². The molecule has 0 unspecified atom stereocenters. The Kier molecular flexibility index (Phi) is 7.59. The number of alkyl halides is 1. The van der Waals surface area contributed by atoms with E-state index < -0.39 is 5.67 Å². The molecule has 0 N–H and O–H groups in total. The molecule has 3 rings (SSSR count). The summed E-state index contributed by atoms with van der Waals surface area (Å²) in [5, 5.41) is 0. The fourth-order valence-electron chi connectivity index (χ4n) is 5.55. The maximum absolute atomic E-state index is 15.5. The van der Waals surface area contributed by atoms with Crippen molar-refractivity contribution in [3.63, 3.8) is 0 Å². The van der Waals surface area contributed by atoms with Crippen molar-refractivity contribution in [1.29, 1.82) is 0 Å². The van der Waals surface area contributed by atoms with Gasteiger partial charge in [-0.25, -0.2) is 4.39 Å². The number of rotatable bonds is 5. The van der Waals surface area contributed by atoms with Crippen molar-refractivity contribution in [3.05, 3.63) is 0 Å². The van der Waals surface area contributed by atoms with Gasteiger partial charge in [-0.15, -0.1) is 0 Å². The molecular weight excluding hydrogens is 377 g/mol. The van der Waals surface area contributed by atoms with Crippen LogP contribution in [0.2, 0.25) is 0 Å². The summed E-state index contributed by atoms with van der Waals surface area (Å²) in [4.78, 5) is 7.45. The molecule has 0 atom stereocenters. The smallest absolute Gasteiger partial charge is 0.126 e. The Morgan fingerprint density at radius 2 is 1.23 bits per heavy atom. The van der Waals surface area contributed by atoms with Gasteiger partial charge in [0.2, 0.25) is 0 Å². The van der Waals surface area contributed by atoms with Crippen LogP contribution in [0.15, 0.2) is 0 Å². The molecule has 176 valence electrons. The summed E-state index contributed by atoms with van der Waals surface area (Å²) in [5.41, 5.74) is -0.354. The van der Waals surface area contributed by atoms with Crippen LogP contribution in [-0.4, -0.2) is 90.5 Å². The third kappa shape index (κ3) is 6.88. The fourth-order valence-corrected chi connectivity index (χ4v) is 5.55. The third-order valence-electron chi connectivity index (χ3n) is 7.89. The lowest BCUT2D eigenvalue weighted by Gasteiger charge is -2.49. The number of hydrogen-bond donors (Lipinski definition) is 0. The van der Waals surface area contributed by atoms with Crippen molar-refractivity contribution in [2.75, 3.05) is 59.0 Å². The Morgan fingerprint density at radius 1 is 0.733 bits per heavy atom. The van der Waals surface area contributed by atoms with Gasteiger partial charge in [0.15, 0.2) is 0 Å². The Bertz CT molecular complexity index is 528. The number of halogens is 1. The Hall–Kier alpha value is -0.230. The predicted molar refractivity (Wildman–Crippen MR) is 124 cm³/mol. The van der Waals surface area contributed by atoms with Gasteiger partial charge in [0.25, 0.3) is 0 Å². The average molecular weight is 426 g/mol. The number of ether oxygens (including phenoxy) is 1. The zero-order chi connectivity index (χ0) is 22.0. The molecule has 3 aliphatic heterocycles. The monoisotopic (exact) mass is 425 g/mol. The summed E-state index contributed by atoms with van der Waals surface area (Å²) in [5.74, 6) is 0. The highest BCUT2D eigenvalue weighted by Crippen LogP contribution is 2.42. The Balaban J connectivity index is 1.37. The minimum Gasteiger partial charge on any atom is -0.375 e. The van der Waals surface area contributed by atoms with Crippen LogP contribution in [0.3, 0.4) is 0 Å². The van der Waals surface area contributed by atoms with Crippen molar-refractivity contribution >= 4 is 0 Å². The zero-order valence-corrected chi connectivity index (χ0v) is 20.7. The molecule has 0 saturated carbocycles. The van der Waals surface area contributed by atoms with E-state index in [1.54, 1.807) is 0 Å². The lowest BCUT2D eigenvalue weighted by atomic mass is 9.71. The molecule has 3 saturated heterocycles. The summed E-state index contributed by atoms with van der Waals surface area (Å²) in [6.07, 6.45) is 6.50. The number of hydrogen-bond acceptors (Lipinski definition) is 4. The molecule has 0 aromatic rings. The van der Waals surface area contributed by atoms with E-state index in [0.29, 0.717) is 24.8 Å². The first-order valence-electron chi connectivity index (χ1n) is 12.4. The van der Waals surface area contributed by atoms with Crippen LogP contribution in [0.1, 0.15) is 80.1 Å². The van der Waals surface area contributed by atoms with Crippen LogP contribution in [0.4, 0.5) is 4.39 Å². The van der Waals surface area contributed by atoms with Crippen molar-refractivity contribution in [2.45, 2.75) is 96.9 Å². The number of piperidine rings is 3. The van der Waals surface area contributed by atoms with Gasteiger partial charge in [0.05, 0.1) is 12.2 Å². The van der Waals surface area contributed by atoms with E-state index in [4.69, 9.17) is 4.74 Å². The average Bonchev–Trinajstić information content (AvgIpc) is 2.64. The molecule has 0 amide bonds. The Labute approximate surface area is 185 Å². The Morgan fingerprint density at radius 3 is 1.70 bits per heavy atom. The number of nitrogens with zero attached hydrogens (tertiary/aromatic N) is 3. The van der Waals surface area contributed by atoms with Gasteiger partial charge in [-0.1, -0.05) is 0 Å². The van der Waals surface area contributed by atoms with E-state index >= 15 is 4.39 Å². The molecule has 5 heteroatoms. The second kappa shape index (κ2) is 9.33. The molecule has 30 heavy (non-hydrogen) atoms. The lowest BCUT2D eigenvalue weighted by molar-refractivity contribution is -0.0353. The molecule has 3 fully saturated rings. The maximum Gasteiger partial charge on any atom is 0.126 e. The van der Waals surface area contributed by atoms with Crippen LogP contribution in [0.5, 0.6) is 0 Å². The van der Waals surface area contributed by atoms with Gasteiger partial charge < -0.3 is 14.5 Å². The summed E-state index contributed by atoms with van der Waals surface area (Å²) in [6, 6.07) is 0. The van der Waals surface area contributed by atoms with Crippen LogP contribution < -0.4 is 0 Å². The first kappa shape index (κ1) is 24.4. The highest BCUT2D eigenvalue weighted by molar-refractivity contribution is 4.96. The molecule has 3 aliphatic rings. The largest absolute Gasteiger partial charge is 0.375 e. The van der Waals surface area contributed by atoms with E-state index in [-0.39, 0.29) is 11.1 Å². The molecule has 0 bridgehead atoms. The molecular formula is C25H48FN3O. The van der Waals surface area contributed by atoms with E-state index in [9.17, 15) is 0 Å². The van der Waals surface area contributed by atoms with Gasteiger partial charge >= 0.3 is 0 Å². The van der Waals surface area contributed by atoms with Gasteiger partial charge in [-0.05, 0) is 112 Å². The normalized spacial score (nSPS) is 26.9. The van der Waals surface area contributed by atoms with Crippen LogP contribution in [-0.2, 0) is 4.74 Å². The first-order chi connectivity index (χ1) is 13.9. The van der Waals surface area contributed by atoms with E-state index in [2.05, 4.69) is 56.2 Å². The van der Waals surface area contributed by atoms with Crippen LogP contribution in [0, 0.1) is 5.41 Å². The fraction of sp³-hybridized carbons (Fsp3) is 1.00. The molecule has 0 aromatic carbocycles. The SMILES string of the molecule is CC(C)(C)OCCN1CCC2(CC1)CCN(CC1(F)CCN(C(C)(C)C)CC1)CC2. The van der Waals surface area contributed by atoms with E-state index in [0.717, 1.165) is 39.3 Å². The molecule has 0 radical (unpaired) electrons. The second-order valence-electron chi connectivity index (χ2n) is 12.4. The van der Waals surface area contributed by atoms with Gasteiger partial charge in [-0.2, -0.15) is 0 Å². The first-order valence-corrected chi connectivity index (χ1v) is 12.4. The minimum atomic E-state index is -0.983. The summed E-state index contributed by atoms with van der Waals surface area (Å²) in [7, 11) is 0. The highest BCUT2D eigenvalue weighted by Gasteiger charge is 2.42. The van der Waals surface area contributed by atoms with Crippen molar-refractivity contribution in [3.8, 4) is 0 Å². The minimum absolute atomic E-state index is 0.0407. The molecule has 0 aromatic heterocycles. The van der Waals surface area contributed by atoms with Crippen molar-refractivity contribution in [1.82, 2.24) is 14.7 Å². The number of likely N-dealkylation sites (tertiary alicyclic amines) is 3.